The molecular weight excluding hydrogens is 452 g/mol. The number of Topliss-reactive ketones (excluding diaryl/α,β-unsaturated/α-hetero) is 1. The summed E-state index contributed by atoms with van der Waals surface area (Å²) in [5, 5.41) is 11.8. The molecule has 34 heavy (non-hydrogen) atoms. The molecule has 1 N–H and O–H groups in total. The monoisotopic (exact) mass is 474 g/mol. The third-order valence-corrected chi connectivity index (χ3v) is 5.87. The SMILES string of the molecule is C=CCOc1ccc(C(O)=C2C(=O)C(=O)N(Cc3cccnc3)C2c2ccc(Cl)cc2)c(C)c1. The second-order valence-electron chi connectivity index (χ2n) is 7.92. The van der Waals surface area contributed by atoms with Crippen molar-refractivity contribution in [3.05, 3.63) is 112 Å². The first-order valence-corrected chi connectivity index (χ1v) is 11.1. The zero-order valence-corrected chi connectivity index (χ0v) is 19.3. The van der Waals surface area contributed by atoms with Gasteiger partial charge in [-0.15, -0.1) is 0 Å². The molecule has 1 fully saturated rings. The van der Waals surface area contributed by atoms with E-state index in [0.717, 1.165) is 5.56 Å². The Kier molecular flexibility index (Phi) is 6.80. The van der Waals surface area contributed by atoms with Crippen LogP contribution in [0.4, 0.5) is 0 Å². The Hall–Kier alpha value is -3.90. The molecule has 0 aliphatic carbocycles. The number of carbonyl (C=O) groups is 2. The molecule has 0 bridgehead atoms. The van der Waals surface area contributed by atoms with Crippen LogP contribution in [0.15, 0.2) is 85.2 Å². The maximum atomic E-state index is 13.2. The molecule has 172 valence electrons. The van der Waals surface area contributed by atoms with Crippen LogP contribution >= 0.6 is 11.6 Å². The maximum absolute atomic E-state index is 13.2. The number of nitrogens with zero attached hydrogens (tertiary/aromatic N) is 2. The van der Waals surface area contributed by atoms with Gasteiger partial charge in [0.25, 0.3) is 11.7 Å². The van der Waals surface area contributed by atoms with Crippen molar-refractivity contribution in [2.45, 2.75) is 19.5 Å². The fraction of sp³-hybridized carbons (Fsp3) is 0.148. The second-order valence-corrected chi connectivity index (χ2v) is 8.35. The predicted octanol–water partition coefficient (Wildman–Crippen LogP) is 5.23. The number of carbonyl (C=O) groups excluding carboxylic acids is 2. The van der Waals surface area contributed by atoms with Gasteiger partial charge in [-0.05, 0) is 60.0 Å². The maximum Gasteiger partial charge on any atom is 0.295 e. The second kappa shape index (κ2) is 9.93. The summed E-state index contributed by atoms with van der Waals surface area (Å²) in [7, 11) is 0. The zero-order chi connectivity index (χ0) is 24.2. The summed E-state index contributed by atoms with van der Waals surface area (Å²) in [4.78, 5) is 31.9. The average molecular weight is 475 g/mol. The number of halogens is 1. The van der Waals surface area contributed by atoms with E-state index in [-0.39, 0.29) is 17.9 Å². The molecule has 6 nitrogen and oxygen atoms in total. The molecule has 1 aliphatic rings. The van der Waals surface area contributed by atoms with Crippen molar-refractivity contribution in [3.63, 3.8) is 0 Å². The molecule has 7 heteroatoms. The third-order valence-electron chi connectivity index (χ3n) is 5.62. The van der Waals surface area contributed by atoms with Crippen LogP contribution < -0.4 is 4.74 Å². The topological polar surface area (TPSA) is 79.7 Å². The number of rotatable bonds is 7. The summed E-state index contributed by atoms with van der Waals surface area (Å²) in [6, 6.07) is 14.8. The Bertz CT molecular complexity index is 1270. The summed E-state index contributed by atoms with van der Waals surface area (Å²) < 4.78 is 5.56. The minimum Gasteiger partial charge on any atom is -0.507 e. The molecule has 0 radical (unpaired) electrons. The van der Waals surface area contributed by atoms with E-state index in [1.165, 1.54) is 4.90 Å². The molecule has 1 amide bonds. The summed E-state index contributed by atoms with van der Waals surface area (Å²) in [6.45, 7) is 5.95. The number of hydrogen-bond donors (Lipinski definition) is 1. The number of amides is 1. The molecule has 3 aromatic rings. The smallest absolute Gasteiger partial charge is 0.295 e. The van der Waals surface area contributed by atoms with Crippen molar-refractivity contribution in [2.24, 2.45) is 0 Å². The zero-order valence-electron chi connectivity index (χ0n) is 18.6. The van der Waals surface area contributed by atoms with E-state index in [1.54, 1.807) is 73.9 Å². The van der Waals surface area contributed by atoms with E-state index in [4.69, 9.17) is 16.3 Å². The normalized spacial score (nSPS) is 17.1. The van der Waals surface area contributed by atoms with Crippen LogP contribution in [-0.4, -0.2) is 33.3 Å². The molecule has 1 unspecified atom stereocenters. The van der Waals surface area contributed by atoms with Gasteiger partial charge in [0.1, 0.15) is 18.1 Å². The van der Waals surface area contributed by atoms with Crippen LogP contribution in [0.2, 0.25) is 5.02 Å². The highest BCUT2D eigenvalue weighted by molar-refractivity contribution is 6.46. The molecule has 2 aromatic carbocycles. The number of aromatic nitrogens is 1. The number of likely N-dealkylation sites (tertiary alicyclic amines) is 1. The van der Waals surface area contributed by atoms with Gasteiger partial charge in [-0.3, -0.25) is 14.6 Å². The number of hydrogen-bond acceptors (Lipinski definition) is 5. The van der Waals surface area contributed by atoms with Crippen LogP contribution in [0.5, 0.6) is 5.75 Å². The van der Waals surface area contributed by atoms with Crippen molar-refractivity contribution in [2.75, 3.05) is 6.61 Å². The predicted molar refractivity (Wildman–Crippen MR) is 130 cm³/mol. The Morgan fingerprint density at radius 1 is 1.21 bits per heavy atom. The molecule has 1 aromatic heterocycles. The number of aliphatic hydroxyl groups excluding tert-OH is 1. The first kappa shape index (κ1) is 23.3. The number of ether oxygens (including phenoxy) is 1. The fourth-order valence-electron chi connectivity index (χ4n) is 4.01. The largest absolute Gasteiger partial charge is 0.507 e. The van der Waals surface area contributed by atoms with Crippen LogP contribution in [0.25, 0.3) is 5.76 Å². The van der Waals surface area contributed by atoms with Crippen LogP contribution in [0.1, 0.15) is 28.3 Å². The summed E-state index contributed by atoms with van der Waals surface area (Å²) in [6.07, 6.45) is 4.92. The molecule has 0 saturated carbocycles. The molecule has 4 rings (SSSR count). The van der Waals surface area contributed by atoms with Crippen molar-refractivity contribution in [1.29, 1.82) is 0 Å². The highest BCUT2D eigenvalue weighted by atomic mass is 35.5. The lowest BCUT2D eigenvalue weighted by atomic mass is 9.94. The van der Waals surface area contributed by atoms with E-state index < -0.39 is 17.7 Å². The minimum atomic E-state index is -0.784. The van der Waals surface area contributed by atoms with Crippen molar-refractivity contribution >= 4 is 29.1 Å². The van der Waals surface area contributed by atoms with Crippen molar-refractivity contribution in [3.8, 4) is 5.75 Å². The van der Waals surface area contributed by atoms with Crippen LogP contribution in [0.3, 0.4) is 0 Å². The van der Waals surface area contributed by atoms with Gasteiger partial charge in [-0.25, -0.2) is 0 Å². The van der Waals surface area contributed by atoms with Gasteiger partial charge in [0.15, 0.2) is 0 Å². The lowest BCUT2D eigenvalue weighted by molar-refractivity contribution is -0.140. The van der Waals surface area contributed by atoms with Gasteiger partial charge < -0.3 is 14.7 Å². The highest BCUT2D eigenvalue weighted by Crippen LogP contribution is 2.41. The molecule has 2 heterocycles. The molecule has 1 aliphatic heterocycles. The summed E-state index contributed by atoms with van der Waals surface area (Å²) in [5.41, 5.74) is 2.61. The van der Waals surface area contributed by atoms with E-state index in [9.17, 15) is 14.7 Å². The number of benzene rings is 2. The molecule has 0 spiro atoms. The van der Waals surface area contributed by atoms with Crippen LogP contribution in [0, 0.1) is 6.92 Å². The Morgan fingerprint density at radius 2 is 1.97 bits per heavy atom. The van der Waals surface area contributed by atoms with Gasteiger partial charge in [0, 0.05) is 29.5 Å². The number of pyridine rings is 1. The lowest BCUT2D eigenvalue weighted by Crippen LogP contribution is -2.29. The van der Waals surface area contributed by atoms with Crippen molar-refractivity contribution in [1.82, 2.24) is 9.88 Å². The molecule has 1 atom stereocenters. The quantitative estimate of drug-likeness (QED) is 0.219. The van der Waals surface area contributed by atoms with E-state index in [2.05, 4.69) is 11.6 Å². The van der Waals surface area contributed by atoms with E-state index >= 15 is 0 Å². The standard InChI is InChI=1S/C27H23ClN2O4/c1-3-13-34-21-10-11-22(17(2)14-21)25(31)23-24(19-6-8-20(28)9-7-19)30(27(33)26(23)32)16-18-5-4-12-29-15-18/h3-12,14-15,24,31H,1,13,16H2,2H3. The summed E-state index contributed by atoms with van der Waals surface area (Å²) >= 11 is 6.07. The Balaban J connectivity index is 1.82. The Morgan fingerprint density at radius 3 is 2.62 bits per heavy atom. The molecular formula is C27H23ClN2O4. The van der Waals surface area contributed by atoms with Gasteiger partial charge in [0.05, 0.1) is 11.6 Å². The number of ketones is 1. The summed E-state index contributed by atoms with van der Waals surface area (Å²) in [5.74, 6) is -1.05. The van der Waals surface area contributed by atoms with Crippen molar-refractivity contribution < 1.29 is 19.4 Å². The number of aryl methyl sites for hydroxylation is 1. The lowest BCUT2D eigenvalue weighted by Gasteiger charge is -2.25. The van der Waals surface area contributed by atoms with Gasteiger partial charge in [0.2, 0.25) is 0 Å². The van der Waals surface area contributed by atoms with Gasteiger partial charge in [-0.1, -0.05) is 42.5 Å². The van der Waals surface area contributed by atoms with E-state index in [1.807, 2.05) is 6.07 Å². The van der Waals surface area contributed by atoms with Gasteiger partial charge >= 0.3 is 0 Å². The highest BCUT2D eigenvalue weighted by Gasteiger charge is 2.46. The average Bonchev–Trinajstić information content (AvgIpc) is 3.08. The van der Waals surface area contributed by atoms with E-state index in [0.29, 0.717) is 34.1 Å². The molecule has 1 saturated heterocycles. The fourth-order valence-corrected chi connectivity index (χ4v) is 4.14. The first-order chi connectivity index (χ1) is 16.4. The van der Waals surface area contributed by atoms with Crippen LogP contribution in [-0.2, 0) is 16.1 Å². The van der Waals surface area contributed by atoms with Gasteiger partial charge in [-0.2, -0.15) is 0 Å². The number of aliphatic hydroxyl groups is 1. The first-order valence-electron chi connectivity index (χ1n) is 10.7. The minimum absolute atomic E-state index is 0.0269. The Labute approximate surface area is 202 Å². The third kappa shape index (κ3) is 4.58.